The molecule has 0 saturated carbocycles. The molecule has 2 nitrogen and oxygen atoms in total. The Bertz CT molecular complexity index is 305. The van der Waals surface area contributed by atoms with Gasteiger partial charge in [-0.25, -0.2) is 0 Å². The lowest BCUT2D eigenvalue weighted by Crippen LogP contribution is -2.23. The maximum absolute atomic E-state index is 5.67. The van der Waals surface area contributed by atoms with Crippen LogP contribution in [-0.4, -0.2) is 13.1 Å². The molecule has 0 unspecified atom stereocenters. The van der Waals surface area contributed by atoms with Gasteiger partial charge in [-0.2, -0.15) is 0 Å². The molecule has 74 valence electrons. The second-order valence-electron chi connectivity index (χ2n) is 3.41. The summed E-state index contributed by atoms with van der Waals surface area (Å²) in [6.45, 7) is 2.61. The average molecular weight is 189 g/mol. The lowest BCUT2D eigenvalue weighted by molar-refractivity contribution is 0.187. The van der Waals surface area contributed by atoms with Gasteiger partial charge in [0.25, 0.3) is 0 Å². The predicted molar refractivity (Wildman–Crippen MR) is 56.8 cm³/mol. The average Bonchev–Trinajstić information content (AvgIpc) is 2.29. The van der Waals surface area contributed by atoms with Crippen LogP contribution in [0, 0.1) is 0 Å². The van der Waals surface area contributed by atoms with Crippen molar-refractivity contribution >= 4 is 0 Å². The van der Waals surface area contributed by atoms with E-state index < -0.39 is 0 Å². The summed E-state index contributed by atoms with van der Waals surface area (Å²) in [4.78, 5) is 0. The largest absolute Gasteiger partial charge is 0.492 e. The van der Waals surface area contributed by atoms with Crippen molar-refractivity contribution in [3.63, 3.8) is 0 Å². The highest BCUT2D eigenvalue weighted by Gasteiger charge is 2.02. The molecule has 1 aliphatic rings. The van der Waals surface area contributed by atoms with E-state index in [1.165, 1.54) is 5.56 Å². The number of ether oxygens (including phenoxy) is 1. The molecule has 0 bridgehead atoms. The Morgan fingerprint density at radius 3 is 2.79 bits per heavy atom. The standard InChI is InChI=1S/C12H15NO/c1-2-5-11(6-3-1)10-14-12-7-4-8-13-9-12/h1-3,5-7,13H,4,8-10H2. The van der Waals surface area contributed by atoms with Crippen LogP contribution in [0.2, 0.25) is 0 Å². The van der Waals surface area contributed by atoms with Gasteiger partial charge in [-0.1, -0.05) is 30.3 Å². The van der Waals surface area contributed by atoms with E-state index >= 15 is 0 Å². The van der Waals surface area contributed by atoms with E-state index in [-0.39, 0.29) is 0 Å². The molecule has 14 heavy (non-hydrogen) atoms. The van der Waals surface area contributed by atoms with Crippen LogP contribution in [0.1, 0.15) is 12.0 Å². The normalized spacial score (nSPS) is 16.1. The van der Waals surface area contributed by atoms with E-state index in [2.05, 4.69) is 23.5 Å². The molecule has 1 aliphatic heterocycles. The Kier molecular flexibility index (Phi) is 3.19. The second kappa shape index (κ2) is 4.82. The maximum Gasteiger partial charge on any atom is 0.113 e. The van der Waals surface area contributed by atoms with E-state index in [1.807, 2.05) is 18.2 Å². The van der Waals surface area contributed by atoms with Crippen molar-refractivity contribution in [1.82, 2.24) is 5.32 Å². The molecule has 2 heteroatoms. The third-order valence-corrected chi connectivity index (χ3v) is 2.26. The highest BCUT2D eigenvalue weighted by molar-refractivity contribution is 5.14. The fourth-order valence-electron chi connectivity index (χ4n) is 1.48. The van der Waals surface area contributed by atoms with Gasteiger partial charge in [-0.05, 0) is 24.6 Å². The summed E-state index contributed by atoms with van der Waals surface area (Å²) in [5, 5.41) is 3.28. The second-order valence-corrected chi connectivity index (χ2v) is 3.41. The van der Waals surface area contributed by atoms with Crippen LogP contribution >= 0.6 is 0 Å². The minimum atomic E-state index is 0.675. The Morgan fingerprint density at radius 2 is 2.07 bits per heavy atom. The minimum Gasteiger partial charge on any atom is -0.492 e. The molecule has 0 radical (unpaired) electrons. The van der Waals surface area contributed by atoms with Crippen LogP contribution in [0.25, 0.3) is 0 Å². The quantitative estimate of drug-likeness (QED) is 0.786. The molecule has 1 aromatic rings. The molecule has 0 saturated heterocycles. The van der Waals surface area contributed by atoms with Gasteiger partial charge in [0.1, 0.15) is 12.4 Å². The third-order valence-electron chi connectivity index (χ3n) is 2.26. The Morgan fingerprint density at radius 1 is 1.21 bits per heavy atom. The summed E-state index contributed by atoms with van der Waals surface area (Å²) in [6, 6.07) is 10.2. The van der Waals surface area contributed by atoms with E-state index in [9.17, 15) is 0 Å². The van der Waals surface area contributed by atoms with Crippen molar-refractivity contribution in [2.24, 2.45) is 0 Å². The SMILES string of the molecule is C1=C(OCc2ccccc2)CNCC1. The number of hydrogen-bond acceptors (Lipinski definition) is 2. The molecule has 1 aromatic carbocycles. The fraction of sp³-hybridized carbons (Fsp3) is 0.333. The van der Waals surface area contributed by atoms with Gasteiger partial charge >= 0.3 is 0 Å². The molecule has 0 aromatic heterocycles. The summed E-state index contributed by atoms with van der Waals surface area (Å²) in [5.41, 5.74) is 1.22. The molecule has 0 atom stereocenters. The van der Waals surface area contributed by atoms with Crippen molar-refractivity contribution in [1.29, 1.82) is 0 Å². The number of hydrogen-bond donors (Lipinski definition) is 1. The maximum atomic E-state index is 5.67. The van der Waals surface area contributed by atoms with Gasteiger partial charge in [0.2, 0.25) is 0 Å². The van der Waals surface area contributed by atoms with Gasteiger partial charge < -0.3 is 10.1 Å². The van der Waals surface area contributed by atoms with E-state index in [0.717, 1.165) is 25.3 Å². The zero-order valence-corrected chi connectivity index (χ0v) is 8.20. The molecular weight excluding hydrogens is 174 g/mol. The van der Waals surface area contributed by atoms with Gasteiger partial charge in [-0.15, -0.1) is 0 Å². The zero-order chi connectivity index (χ0) is 9.64. The van der Waals surface area contributed by atoms with Crippen molar-refractivity contribution in [2.75, 3.05) is 13.1 Å². The first-order chi connectivity index (χ1) is 6.95. The van der Waals surface area contributed by atoms with Crippen LogP contribution in [0.4, 0.5) is 0 Å². The monoisotopic (exact) mass is 189 g/mol. The van der Waals surface area contributed by atoms with Crippen LogP contribution in [0.15, 0.2) is 42.2 Å². The molecule has 0 amide bonds. The summed E-state index contributed by atoms with van der Waals surface area (Å²) < 4.78 is 5.67. The van der Waals surface area contributed by atoms with Crippen LogP contribution < -0.4 is 5.32 Å². The predicted octanol–water partition coefficient (Wildman–Crippen LogP) is 2.08. The minimum absolute atomic E-state index is 0.675. The summed E-state index contributed by atoms with van der Waals surface area (Å²) in [5.74, 6) is 1.07. The van der Waals surface area contributed by atoms with Crippen molar-refractivity contribution in [3.8, 4) is 0 Å². The number of benzene rings is 1. The first-order valence-electron chi connectivity index (χ1n) is 5.01. The zero-order valence-electron chi connectivity index (χ0n) is 8.20. The van der Waals surface area contributed by atoms with Crippen molar-refractivity contribution in [2.45, 2.75) is 13.0 Å². The molecule has 1 N–H and O–H groups in total. The fourth-order valence-corrected chi connectivity index (χ4v) is 1.48. The van der Waals surface area contributed by atoms with Crippen LogP contribution in [0.5, 0.6) is 0 Å². The number of rotatable bonds is 3. The molecular formula is C12H15NO. The molecule has 0 aliphatic carbocycles. The molecule has 0 fully saturated rings. The van der Waals surface area contributed by atoms with E-state index in [0.29, 0.717) is 6.61 Å². The Labute approximate surface area is 84.6 Å². The smallest absolute Gasteiger partial charge is 0.113 e. The molecule has 1 heterocycles. The van der Waals surface area contributed by atoms with Crippen molar-refractivity contribution in [3.05, 3.63) is 47.7 Å². The Balaban J connectivity index is 1.85. The molecule has 0 spiro atoms. The molecule has 2 rings (SSSR count). The van der Waals surface area contributed by atoms with Crippen LogP contribution in [0.3, 0.4) is 0 Å². The highest BCUT2D eigenvalue weighted by Crippen LogP contribution is 2.07. The Hall–Kier alpha value is -1.28. The summed E-state index contributed by atoms with van der Waals surface area (Å²) >= 11 is 0. The summed E-state index contributed by atoms with van der Waals surface area (Å²) in [7, 11) is 0. The van der Waals surface area contributed by atoms with Gasteiger partial charge in [0, 0.05) is 0 Å². The van der Waals surface area contributed by atoms with Crippen LogP contribution in [-0.2, 0) is 11.3 Å². The first-order valence-corrected chi connectivity index (χ1v) is 5.01. The van der Waals surface area contributed by atoms with E-state index in [4.69, 9.17) is 4.74 Å². The highest BCUT2D eigenvalue weighted by atomic mass is 16.5. The number of nitrogens with one attached hydrogen (secondary N) is 1. The lowest BCUT2D eigenvalue weighted by Gasteiger charge is -2.15. The van der Waals surface area contributed by atoms with Crippen molar-refractivity contribution < 1.29 is 4.74 Å². The van der Waals surface area contributed by atoms with Gasteiger partial charge in [0.15, 0.2) is 0 Å². The lowest BCUT2D eigenvalue weighted by atomic mass is 10.2. The van der Waals surface area contributed by atoms with Gasteiger partial charge in [0.05, 0.1) is 6.54 Å². The third kappa shape index (κ3) is 2.60. The first kappa shape index (κ1) is 9.28. The van der Waals surface area contributed by atoms with E-state index in [1.54, 1.807) is 0 Å². The summed E-state index contributed by atoms with van der Waals surface area (Å²) in [6.07, 6.45) is 3.24. The topological polar surface area (TPSA) is 21.3 Å². The van der Waals surface area contributed by atoms with Gasteiger partial charge in [-0.3, -0.25) is 0 Å².